The highest BCUT2D eigenvalue weighted by molar-refractivity contribution is 5.57. The predicted octanol–water partition coefficient (Wildman–Crippen LogP) is 2.37. The van der Waals surface area contributed by atoms with Gasteiger partial charge in [-0.2, -0.15) is 0 Å². The molecule has 1 heterocycles. The summed E-state index contributed by atoms with van der Waals surface area (Å²) in [6.07, 6.45) is 8.82. The van der Waals surface area contributed by atoms with Gasteiger partial charge in [-0.25, -0.2) is 4.98 Å². The molecule has 2 rings (SSSR count). The molecule has 3 nitrogen and oxygen atoms in total. The number of nitrogens with zero attached hydrogens (tertiary/aromatic N) is 2. The molecule has 1 N–H and O–H groups in total. The first-order valence-corrected chi connectivity index (χ1v) is 6.00. The second-order valence-corrected chi connectivity index (χ2v) is 4.84. The summed E-state index contributed by atoms with van der Waals surface area (Å²) in [7, 11) is 2.00. The van der Waals surface area contributed by atoms with E-state index in [1.54, 1.807) is 0 Å². The molecular weight excluding hydrogens is 200 g/mol. The van der Waals surface area contributed by atoms with E-state index in [9.17, 15) is 5.11 Å². The Morgan fingerprint density at radius 2 is 2.19 bits per heavy atom. The first-order valence-electron chi connectivity index (χ1n) is 6.00. The van der Waals surface area contributed by atoms with E-state index < -0.39 is 0 Å². The predicted molar refractivity (Wildman–Crippen MR) is 64.8 cm³/mol. The summed E-state index contributed by atoms with van der Waals surface area (Å²) in [6, 6.07) is 0. The van der Waals surface area contributed by atoms with Crippen molar-refractivity contribution < 1.29 is 5.11 Å². The largest absolute Gasteiger partial charge is 0.393 e. The Morgan fingerprint density at radius 3 is 2.75 bits per heavy atom. The van der Waals surface area contributed by atoms with Gasteiger partial charge in [-0.1, -0.05) is 6.58 Å². The molecule has 1 aliphatic rings. The average molecular weight is 220 g/mol. The smallest absolute Gasteiger partial charge is 0.134 e. The summed E-state index contributed by atoms with van der Waals surface area (Å²) in [5, 5.41) is 9.45. The van der Waals surface area contributed by atoms with E-state index >= 15 is 0 Å². The van der Waals surface area contributed by atoms with Crippen LogP contribution in [0.5, 0.6) is 0 Å². The lowest BCUT2D eigenvalue weighted by molar-refractivity contribution is 0.110. The van der Waals surface area contributed by atoms with Crippen molar-refractivity contribution in [3.8, 4) is 0 Å². The fourth-order valence-electron chi connectivity index (χ4n) is 2.50. The van der Waals surface area contributed by atoms with Crippen LogP contribution in [0.4, 0.5) is 0 Å². The maximum Gasteiger partial charge on any atom is 0.134 e. The average Bonchev–Trinajstić information content (AvgIpc) is 2.68. The lowest BCUT2D eigenvalue weighted by Gasteiger charge is -2.25. The monoisotopic (exact) mass is 220 g/mol. The summed E-state index contributed by atoms with van der Waals surface area (Å²) in [4.78, 5) is 4.31. The van der Waals surface area contributed by atoms with Gasteiger partial charge in [-0.05, 0) is 43.6 Å². The molecule has 0 aliphatic heterocycles. The third-order valence-corrected chi connectivity index (χ3v) is 3.49. The van der Waals surface area contributed by atoms with Crippen LogP contribution in [0.2, 0.25) is 0 Å². The van der Waals surface area contributed by atoms with Crippen molar-refractivity contribution in [1.29, 1.82) is 0 Å². The van der Waals surface area contributed by atoms with Gasteiger partial charge in [-0.3, -0.25) is 0 Å². The van der Waals surface area contributed by atoms with Crippen LogP contribution in [0.15, 0.2) is 19.0 Å². The van der Waals surface area contributed by atoms with Crippen LogP contribution in [0.25, 0.3) is 5.57 Å². The Kier molecular flexibility index (Phi) is 3.44. The number of aryl methyl sites for hydroxylation is 1. The molecule has 0 spiro atoms. The van der Waals surface area contributed by atoms with Crippen LogP contribution < -0.4 is 0 Å². The van der Waals surface area contributed by atoms with E-state index in [0.717, 1.165) is 43.5 Å². The summed E-state index contributed by atoms with van der Waals surface area (Å²) in [5.74, 6) is 1.67. The van der Waals surface area contributed by atoms with Gasteiger partial charge in [-0.15, -0.1) is 0 Å². The van der Waals surface area contributed by atoms with Crippen molar-refractivity contribution in [2.75, 3.05) is 0 Å². The Hall–Kier alpha value is -1.09. The molecule has 1 aromatic rings. The van der Waals surface area contributed by atoms with E-state index in [4.69, 9.17) is 0 Å². The van der Waals surface area contributed by atoms with Gasteiger partial charge in [0.2, 0.25) is 0 Å². The van der Waals surface area contributed by atoms with Crippen LogP contribution in [0.3, 0.4) is 0 Å². The lowest BCUT2D eigenvalue weighted by Crippen LogP contribution is -2.18. The molecule has 0 atom stereocenters. The Bertz CT molecular complexity index is 362. The second-order valence-electron chi connectivity index (χ2n) is 4.84. The third-order valence-electron chi connectivity index (χ3n) is 3.49. The van der Waals surface area contributed by atoms with Gasteiger partial charge < -0.3 is 9.67 Å². The zero-order valence-electron chi connectivity index (χ0n) is 9.89. The quantitative estimate of drug-likeness (QED) is 0.849. The van der Waals surface area contributed by atoms with Crippen molar-refractivity contribution in [1.82, 2.24) is 9.55 Å². The van der Waals surface area contributed by atoms with Crippen molar-refractivity contribution in [3.05, 3.63) is 24.8 Å². The third kappa shape index (κ3) is 2.53. The van der Waals surface area contributed by atoms with Crippen molar-refractivity contribution in [2.24, 2.45) is 13.0 Å². The van der Waals surface area contributed by atoms with Crippen LogP contribution >= 0.6 is 0 Å². The van der Waals surface area contributed by atoms with Gasteiger partial charge in [0.05, 0.1) is 6.10 Å². The normalized spacial score (nSPS) is 25.6. The number of aromatic nitrogens is 2. The molecule has 88 valence electrons. The minimum atomic E-state index is -0.0716. The van der Waals surface area contributed by atoms with Gasteiger partial charge in [0.25, 0.3) is 0 Å². The molecule has 1 fully saturated rings. The highest BCUT2D eigenvalue weighted by atomic mass is 16.3. The molecule has 0 unspecified atom stereocenters. The molecule has 0 radical (unpaired) electrons. The van der Waals surface area contributed by atoms with Gasteiger partial charge in [0.1, 0.15) is 5.82 Å². The van der Waals surface area contributed by atoms with Gasteiger partial charge >= 0.3 is 0 Å². The summed E-state index contributed by atoms with van der Waals surface area (Å²) in [6.45, 7) is 4.13. The highest BCUT2D eigenvalue weighted by Crippen LogP contribution is 2.31. The highest BCUT2D eigenvalue weighted by Gasteiger charge is 2.20. The molecular formula is C13H20N2O. The number of aliphatic hydroxyl groups excluding tert-OH is 1. The number of hydrogen-bond donors (Lipinski definition) is 1. The minimum absolute atomic E-state index is 0.0716. The number of hydrogen-bond acceptors (Lipinski definition) is 2. The maximum atomic E-state index is 9.45. The van der Waals surface area contributed by atoms with Crippen molar-refractivity contribution in [2.45, 2.75) is 38.2 Å². The molecule has 1 aromatic heterocycles. The molecule has 1 saturated carbocycles. The molecule has 0 amide bonds. The SMILES string of the molecule is C=C(CC1CCC(O)CC1)c1nccn1C. The summed E-state index contributed by atoms with van der Waals surface area (Å²) < 4.78 is 2.01. The number of allylic oxidation sites excluding steroid dienone is 1. The molecule has 0 saturated heterocycles. The molecule has 0 bridgehead atoms. The first kappa shape index (κ1) is 11.4. The molecule has 1 aliphatic carbocycles. The maximum absolute atomic E-state index is 9.45. The molecule has 3 heteroatoms. The number of imidazole rings is 1. The Labute approximate surface area is 96.8 Å². The fraction of sp³-hybridized carbons (Fsp3) is 0.615. The van der Waals surface area contributed by atoms with Gasteiger partial charge in [0.15, 0.2) is 0 Å². The number of aliphatic hydroxyl groups is 1. The van der Waals surface area contributed by atoms with Crippen LogP contribution in [0.1, 0.15) is 37.9 Å². The first-order chi connectivity index (χ1) is 7.66. The van der Waals surface area contributed by atoms with E-state index in [2.05, 4.69) is 11.6 Å². The van der Waals surface area contributed by atoms with E-state index in [-0.39, 0.29) is 6.10 Å². The standard InChI is InChI=1S/C13H20N2O/c1-10(13-14-7-8-15(13)2)9-11-3-5-12(16)6-4-11/h7-8,11-12,16H,1,3-6,9H2,2H3. The topological polar surface area (TPSA) is 38.1 Å². The molecule has 0 aromatic carbocycles. The summed E-state index contributed by atoms with van der Waals surface area (Å²) >= 11 is 0. The Morgan fingerprint density at radius 1 is 1.50 bits per heavy atom. The van der Waals surface area contributed by atoms with Crippen LogP contribution in [0, 0.1) is 5.92 Å². The second kappa shape index (κ2) is 4.83. The van der Waals surface area contributed by atoms with Gasteiger partial charge in [0, 0.05) is 19.4 Å². The van der Waals surface area contributed by atoms with E-state index in [0.29, 0.717) is 5.92 Å². The lowest BCUT2D eigenvalue weighted by atomic mass is 9.83. The van der Waals surface area contributed by atoms with Crippen LogP contribution in [-0.2, 0) is 7.05 Å². The van der Waals surface area contributed by atoms with E-state index in [1.165, 1.54) is 0 Å². The molecule has 16 heavy (non-hydrogen) atoms. The van der Waals surface area contributed by atoms with Crippen LogP contribution in [-0.4, -0.2) is 20.8 Å². The van der Waals surface area contributed by atoms with Crippen molar-refractivity contribution >= 4 is 5.57 Å². The number of rotatable bonds is 3. The minimum Gasteiger partial charge on any atom is -0.393 e. The fourth-order valence-corrected chi connectivity index (χ4v) is 2.50. The summed E-state index contributed by atoms with van der Waals surface area (Å²) in [5.41, 5.74) is 1.12. The van der Waals surface area contributed by atoms with E-state index in [1.807, 2.05) is 24.0 Å². The zero-order chi connectivity index (χ0) is 11.5. The van der Waals surface area contributed by atoms with Crippen molar-refractivity contribution in [3.63, 3.8) is 0 Å². The zero-order valence-corrected chi connectivity index (χ0v) is 9.89. The Balaban J connectivity index is 1.91.